The number of ether oxygens (including phenoxy) is 1. The highest BCUT2D eigenvalue weighted by atomic mass is 19.1. The molecule has 1 aliphatic heterocycles. The van der Waals surface area contributed by atoms with E-state index in [1.54, 1.807) is 12.0 Å². The van der Waals surface area contributed by atoms with Crippen molar-refractivity contribution in [2.45, 2.75) is 12.8 Å². The molecule has 0 radical (unpaired) electrons. The maximum Gasteiger partial charge on any atom is 0.338 e. The minimum Gasteiger partial charge on any atom is -0.478 e. The van der Waals surface area contributed by atoms with Gasteiger partial charge in [-0.3, -0.25) is 0 Å². The summed E-state index contributed by atoms with van der Waals surface area (Å²) in [6.07, 6.45) is 3.29. The molecule has 0 bridgehead atoms. The SMILES string of the molecule is COCC1CCCN(c2nccc(C(=O)O)c2F)C1. The first-order valence-electron chi connectivity index (χ1n) is 6.25. The van der Waals surface area contributed by atoms with Gasteiger partial charge < -0.3 is 14.7 Å². The average molecular weight is 268 g/mol. The Labute approximate surface area is 111 Å². The van der Waals surface area contributed by atoms with Gasteiger partial charge in [0.05, 0.1) is 6.61 Å². The maximum absolute atomic E-state index is 14.1. The van der Waals surface area contributed by atoms with E-state index < -0.39 is 11.8 Å². The van der Waals surface area contributed by atoms with Crippen molar-refractivity contribution in [3.8, 4) is 0 Å². The Morgan fingerprint density at radius 2 is 2.47 bits per heavy atom. The van der Waals surface area contributed by atoms with E-state index >= 15 is 0 Å². The molecular weight excluding hydrogens is 251 g/mol. The number of rotatable bonds is 4. The summed E-state index contributed by atoms with van der Waals surface area (Å²) < 4.78 is 19.2. The average Bonchev–Trinajstić information content (AvgIpc) is 2.39. The van der Waals surface area contributed by atoms with Crippen molar-refractivity contribution in [3.05, 3.63) is 23.6 Å². The number of hydrogen-bond donors (Lipinski definition) is 1. The van der Waals surface area contributed by atoms with Gasteiger partial charge in [-0.1, -0.05) is 0 Å². The second kappa shape index (κ2) is 5.97. The first kappa shape index (κ1) is 13.7. The van der Waals surface area contributed by atoms with Gasteiger partial charge in [0.25, 0.3) is 0 Å². The van der Waals surface area contributed by atoms with Gasteiger partial charge in [-0.15, -0.1) is 0 Å². The zero-order valence-corrected chi connectivity index (χ0v) is 10.8. The number of pyridine rings is 1. The monoisotopic (exact) mass is 268 g/mol. The first-order chi connectivity index (χ1) is 9.13. The van der Waals surface area contributed by atoms with Crippen LogP contribution in [-0.2, 0) is 4.74 Å². The number of hydrogen-bond acceptors (Lipinski definition) is 4. The summed E-state index contributed by atoms with van der Waals surface area (Å²) in [6, 6.07) is 1.18. The van der Waals surface area contributed by atoms with Crippen molar-refractivity contribution in [1.29, 1.82) is 0 Å². The predicted octanol–water partition coefficient (Wildman–Crippen LogP) is 1.78. The Bertz CT molecular complexity index is 465. The first-order valence-corrected chi connectivity index (χ1v) is 6.25. The lowest BCUT2D eigenvalue weighted by Crippen LogP contribution is -2.38. The van der Waals surface area contributed by atoms with E-state index in [4.69, 9.17) is 9.84 Å². The molecule has 0 amide bonds. The normalized spacial score (nSPS) is 19.5. The molecule has 0 aliphatic carbocycles. The van der Waals surface area contributed by atoms with E-state index in [0.29, 0.717) is 25.6 Å². The van der Waals surface area contributed by atoms with Crippen LogP contribution in [0, 0.1) is 11.7 Å². The number of carboxylic acids is 1. The van der Waals surface area contributed by atoms with E-state index in [0.717, 1.165) is 12.8 Å². The molecule has 1 aliphatic rings. The molecular formula is C13H17FN2O3. The smallest absolute Gasteiger partial charge is 0.338 e. The second-order valence-corrected chi connectivity index (χ2v) is 4.71. The van der Waals surface area contributed by atoms with Gasteiger partial charge in [0.2, 0.25) is 0 Å². The number of carbonyl (C=O) groups is 1. The summed E-state index contributed by atoms with van der Waals surface area (Å²) in [5, 5.41) is 8.92. The third kappa shape index (κ3) is 3.01. The summed E-state index contributed by atoms with van der Waals surface area (Å²) in [6.45, 7) is 1.95. The predicted molar refractivity (Wildman–Crippen MR) is 68.0 cm³/mol. The molecule has 1 saturated heterocycles. The molecule has 0 saturated carbocycles. The minimum atomic E-state index is -1.27. The minimum absolute atomic E-state index is 0.126. The zero-order chi connectivity index (χ0) is 13.8. The van der Waals surface area contributed by atoms with Gasteiger partial charge in [0.1, 0.15) is 5.56 Å². The van der Waals surface area contributed by atoms with Crippen molar-refractivity contribution in [2.24, 2.45) is 5.92 Å². The van der Waals surface area contributed by atoms with Gasteiger partial charge >= 0.3 is 5.97 Å². The lowest BCUT2D eigenvalue weighted by atomic mass is 9.99. The third-order valence-corrected chi connectivity index (χ3v) is 3.32. The topological polar surface area (TPSA) is 62.7 Å². The summed E-state index contributed by atoms with van der Waals surface area (Å²) in [5.41, 5.74) is -0.334. The highest BCUT2D eigenvalue weighted by Crippen LogP contribution is 2.25. The van der Waals surface area contributed by atoms with Gasteiger partial charge in [-0.2, -0.15) is 0 Å². The number of piperidine rings is 1. The fourth-order valence-corrected chi connectivity index (χ4v) is 2.45. The van der Waals surface area contributed by atoms with Crippen LogP contribution in [0.3, 0.4) is 0 Å². The second-order valence-electron chi connectivity index (χ2n) is 4.71. The van der Waals surface area contributed by atoms with E-state index in [1.807, 2.05) is 0 Å². The molecule has 0 spiro atoms. The van der Waals surface area contributed by atoms with Crippen molar-refractivity contribution >= 4 is 11.8 Å². The van der Waals surface area contributed by atoms with Crippen LogP contribution in [0.1, 0.15) is 23.2 Å². The Kier molecular flexibility index (Phi) is 4.31. The molecule has 1 aromatic heterocycles. The molecule has 2 rings (SSSR count). The van der Waals surface area contributed by atoms with Crippen molar-refractivity contribution in [2.75, 3.05) is 31.7 Å². The number of methoxy groups -OCH3 is 1. The van der Waals surface area contributed by atoms with Crippen LogP contribution in [0.4, 0.5) is 10.2 Å². The molecule has 6 heteroatoms. The summed E-state index contributed by atoms with van der Waals surface area (Å²) in [4.78, 5) is 16.7. The number of anilines is 1. The molecule has 1 N–H and O–H groups in total. The summed E-state index contributed by atoms with van der Waals surface area (Å²) in [7, 11) is 1.64. The van der Waals surface area contributed by atoms with E-state index in [2.05, 4.69) is 4.98 Å². The Morgan fingerprint density at radius 3 is 3.16 bits per heavy atom. The van der Waals surface area contributed by atoms with Crippen LogP contribution in [0.5, 0.6) is 0 Å². The highest BCUT2D eigenvalue weighted by Gasteiger charge is 2.25. The van der Waals surface area contributed by atoms with E-state index in [-0.39, 0.29) is 11.4 Å². The number of halogens is 1. The number of carboxylic acid groups (broad SMARTS) is 1. The highest BCUT2D eigenvalue weighted by molar-refractivity contribution is 5.88. The van der Waals surface area contributed by atoms with Crippen LogP contribution >= 0.6 is 0 Å². The maximum atomic E-state index is 14.1. The molecule has 1 fully saturated rings. The lowest BCUT2D eigenvalue weighted by Gasteiger charge is -2.33. The third-order valence-electron chi connectivity index (χ3n) is 3.32. The molecule has 2 heterocycles. The molecule has 19 heavy (non-hydrogen) atoms. The molecule has 0 aromatic carbocycles. The fraction of sp³-hybridized carbons (Fsp3) is 0.538. The molecule has 5 nitrogen and oxygen atoms in total. The molecule has 1 aromatic rings. The van der Waals surface area contributed by atoms with Crippen LogP contribution in [-0.4, -0.2) is 42.9 Å². The molecule has 1 atom stereocenters. The van der Waals surface area contributed by atoms with E-state index in [1.165, 1.54) is 12.3 Å². The van der Waals surface area contributed by atoms with Gasteiger partial charge in [0, 0.05) is 26.4 Å². The standard InChI is InChI=1S/C13H17FN2O3/c1-19-8-9-3-2-6-16(7-9)12-11(14)10(13(17)18)4-5-15-12/h4-5,9H,2-3,6-8H2,1H3,(H,17,18). The summed E-state index contributed by atoms with van der Waals surface area (Å²) >= 11 is 0. The largest absolute Gasteiger partial charge is 0.478 e. The van der Waals surface area contributed by atoms with Gasteiger partial charge in [-0.05, 0) is 24.8 Å². The zero-order valence-electron chi connectivity index (χ0n) is 10.8. The Morgan fingerprint density at radius 1 is 1.68 bits per heavy atom. The van der Waals surface area contributed by atoms with Gasteiger partial charge in [-0.25, -0.2) is 14.2 Å². The van der Waals surface area contributed by atoms with Crippen molar-refractivity contribution < 1.29 is 19.0 Å². The van der Waals surface area contributed by atoms with Crippen LogP contribution in [0.2, 0.25) is 0 Å². The summed E-state index contributed by atoms with van der Waals surface area (Å²) in [5.74, 6) is -1.58. The van der Waals surface area contributed by atoms with Gasteiger partial charge in [0.15, 0.2) is 11.6 Å². The molecule has 1 unspecified atom stereocenters. The van der Waals surface area contributed by atoms with Crippen molar-refractivity contribution in [3.63, 3.8) is 0 Å². The Balaban J connectivity index is 2.21. The number of nitrogens with zero attached hydrogens (tertiary/aromatic N) is 2. The number of aromatic nitrogens is 1. The van der Waals surface area contributed by atoms with Crippen LogP contribution < -0.4 is 4.90 Å². The van der Waals surface area contributed by atoms with Crippen LogP contribution in [0.15, 0.2) is 12.3 Å². The number of aromatic carboxylic acids is 1. The fourth-order valence-electron chi connectivity index (χ4n) is 2.45. The van der Waals surface area contributed by atoms with Crippen molar-refractivity contribution in [1.82, 2.24) is 4.98 Å². The van der Waals surface area contributed by atoms with E-state index in [9.17, 15) is 9.18 Å². The quantitative estimate of drug-likeness (QED) is 0.902. The van der Waals surface area contributed by atoms with Crippen LogP contribution in [0.25, 0.3) is 0 Å². The lowest BCUT2D eigenvalue weighted by molar-refractivity contribution is 0.0691. The Hall–Kier alpha value is -1.69. The molecule has 104 valence electrons.